The molecule has 1 aromatic carbocycles. The molecule has 0 aliphatic carbocycles. The van der Waals surface area contributed by atoms with E-state index in [9.17, 15) is 13.6 Å². The minimum Gasteiger partial charge on any atom is -0.323 e. The standard InChI is InChI=1S/C18H15ClF2N6O/c1-9-12(7-26(2)25-9)16(28)13-14(17(20)21)24-18-22-8-23-27(18)15(13)10-3-5-11(19)6-4-10/h3-8,15,17H,1-2H3,(H,22,23,24)/t15-/m1/s1. The van der Waals surface area contributed by atoms with Crippen molar-refractivity contribution < 1.29 is 13.6 Å². The topological polar surface area (TPSA) is 77.6 Å². The molecule has 144 valence electrons. The number of halogens is 3. The van der Waals surface area contributed by atoms with Gasteiger partial charge >= 0.3 is 0 Å². The Balaban J connectivity index is 1.95. The number of carbonyl (C=O) groups excluding carboxylic acids is 1. The maximum Gasteiger partial charge on any atom is 0.278 e. The van der Waals surface area contributed by atoms with E-state index in [1.54, 1.807) is 38.2 Å². The predicted molar refractivity (Wildman–Crippen MR) is 98.5 cm³/mol. The van der Waals surface area contributed by atoms with Crippen molar-refractivity contribution in [3.8, 4) is 0 Å². The Labute approximate surface area is 163 Å². The summed E-state index contributed by atoms with van der Waals surface area (Å²) in [5.74, 6) is -0.413. The van der Waals surface area contributed by atoms with Crippen LogP contribution in [0.4, 0.5) is 14.7 Å². The van der Waals surface area contributed by atoms with E-state index in [4.69, 9.17) is 11.6 Å². The number of nitrogens with zero attached hydrogens (tertiary/aromatic N) is 5. The molecule has 28 heavy (non-hydrogen) atoms. The first-order chi connectivity index (χ1) is 13.4. The number of aromatic nitrogens is 5. The number of aryl methyl sites for hydroxylation is 2. The average Bonchev–Trinajstić information content (AvgIpc) is 3.25. The van der Waals surface area contributed by atoms with Gasteiger partial charge in [0.2, 0.25) is 5.95 Å². The fourth-order valence-corrected chi connectivity index (χ4v) is 3.45. The molecule has 0 bridgehead atoms. The van der Waals surface area contributed by atoms with Crippen LogP contribution in [0.25, 0.3) is 0 Å². The lowest BCUT2D eigenvalue weighted by Crippen LogP contribution is -2.32. The van der Waals surface area contributed by atoms with Crippen molar-refractivity contribution in [2.75, 3.05) is 5.32 Å². The summed E-state index contributed by atoms with van der Waals surface area (Å²) in [4.78, 5) is 17.3. The van der Waals surface area contributed by atoms with Crippen molar-refractivity contribution in [3.05, 3.63) is 69.9 Å². The quantitative estimate of drug-likeness (QED) is 0.674. The van der Waals surface area contributed by atoms with Crippen molar-refractivity contribution in [2.45, 2.75) is 19.4 Å². The Morgan fingerprint density at radius 1 is 1.29 bits per heavy atom. The molecule has 2 aromatic heterocycles. The fourth-order valence-electron chi connectivity index (χ4n) is 3.32. The molecule has 1 atom stereocenters. The van der Waals surface area contributed by atoms with Gasteiger partial charge in [-0.3, -0.25) is 9.48 Å². The lowest BCUT2D eigenvalue weighted by Gasteiger charge is -2.29. The number of alkyl halides is 2. The first-order valence-electron chi connectivity index (χ1n) is 8.36. The zero-order chi connectivity index (χ0) is 20.0. The largest absolute Gasteiger partial charge is 0.323 e. The molecule has 0 saturated carbocycles. The minimum atomic E-state index is -2.91. The Morgan fingerprint density at radius 3 is 2.61 bits per heavy atom. The maximum atomic E-state index is 13.9. The van der Waals surface area contributed by atoms with Gasteiger partial charge in [-0.1, -0.05) is 23.7 Å². The van der Waals surface area contributed by atoms with E-state index in [2.05, 4.69) is 20.5 Å². The number of benzene rings is 1. The minimum absolute atomic E-state index is 0.105. The van der Waals surface area contributed by atoms with Gasteiger partial charge in [0.25, 0.3) is 6.43 Å². The van der Waals surface area contributed by atoms with Crippen LogP contribution < -0.4 is 5.32 Å². The first-order valence-corrected chi connectivity index (χ1v) is 8.73. The lowest BCUT2D eigenvalue weighted by molar-refractivity contribution is 0.101. The van der Waals surface area contributed by atoms with Gasteiger partial charge in [-0.2, -0.15) is 15.2 Å². The highest BCUT2D eigenvalue weighted by Crippen LogP contribution is 2.38. The van der Waals surface area contributed by atoms with E-state index in [-0.39, 0.29) is 17.1 Å². The van der Waals surface area contributed by atoms with Gasteiger partial charge in [0.15, 0.2) is 5.78 Å². The number of hydrogen-bond acceptors (Lipinski definition) is 5. The van der Waals surface area contributed by atoms with Gasteiger partial charge < -0.3 is 5.32 Å². The smallest absolute Gasteiger partial charge is 0.278 e. The third kappa shape index (κ3) is 2.97. The second-order valence-electron chi connectivity index (χ2n) is 6.37. The fraction of sp³-hybridized carbons (Fsp3) is 0.222. The van der Waals surface area contributed by atoms with Crippen molar-refractivity contribution in [1.29, 1.82) is 0 Å². The number of carbonyl (C=O) groups is 1. The van der Waals surface area contributed by atoms with Crippen LogP contribution in [-0.2, 0) is 7.05 Å². The predicted octanol–water partition coefficient (Wildman–Crippen LogP) is 3.39. The second kappa shape index (κ2) is 6.83. The molecule has 0 fully saturated rings. The summed E-state index contributed by atoms with van der Waals surface area (Å²) in [6, 6.07) is 5.74. The van der Waals surface area contributed by atoms with Gasteiger partial charge in [0, 0.05) is 18.3 Å². The second-order valence-corrected chi connectivity index (χ2v) is 6.80. The molecule has 7 nitrogen and oxygen atoms in total. The zero-order valence-electron chi connectivity index (χ0n) is 14.9. The molecule has 3 aromatic rings. The molecule has 0 radical (unpaired) electrons. The van der Waals surface area contributed by atoms with Gasteiger partial charge in [-0.15, -0.1) is 0 Å². The molecule has 1 aliphatic heterocycles. The highest BCUT2D eigenvalue weighted by molar-refractivity contribution is 6.30. The summed E-state index contributed by atoms with van der Waals surface area (Å²) in [5, 5.41) is 11.3. The van der Waals surface area contributed by atoms with E-state index in [1.165, 1.54) is 21.9 Å². The van der Waals surface area contributed by atoms with Crippen LogP contribution in [0.15, 0.2) is 48.1 Å². The summed E-state index contributed by atoms with van der Waals surface area (Å²) < 4.78 is 30.8. The number of anilines is 1. The number of fused-ring (bicyclic) bond motifs is 1. The summed E-state index contributed by atoms with van der Waals surface area (Å²) in [6.07, 6.45) is -0.142. The molecule has 0 unspecified atom stereocenters. The van der Waals surface area contributed by atoms with Gasteiger partial charge in [0.1, 0.15) is 12.4 Å². The van der Waals surface area contributed by atoms with Crippen molar-refractivity contribution >= 4 is 23.3 Å². The molecule has 1 N–H and O–H groups in total. The first kappa shape index (κ1) is 18.3. The summed E-state index contributed by atoms with van der Waals surface area (Å²) in [6.45, 7) is 1.66. The van der Waals surface area contributed by atoms with Crippen LogP contribution in [0.3, 0.4) is 0 Å². The van der Waals surface area contributed by atoms with Crippen molar-refractivity contribution in [3.63, 3.8) is 0 Å². The molecule has 1 aliphatic rings. The van der Waals surface area contributed by atoms with Crippen LogP contribution in [0.1, 0.15) is 27.7 Å². The van der Waals surface area contributed by atoms with E-state index in [1.807, 2.05) is 0 Å². The molecule has 10 heteroatoms. The van der Waals surface area contributed by atoms with Crippen LogP contribution in [0, 0.1) is 6.92 Å². The molecular formula is C18H15ClF2N6O. The van der Waals surface area contributed by atoms with Gasteiger partial charge in [-0.05, 0) is 24.6 Å². The Kier molecular flexibility index (Phi) is 4.46. The molecule has 4 rings (SSSR count). The van der Waals surface area contributed by atoms with E-state index < -0.39 is 23.9 Å². The van der Waals surface area contributed by atoms with E-state index in [0.29, 0.717) is 16.3 Å². The number of Topliss-reactive ketones (excluding diaryl/α,β-unsaturated/α-hetero) is 1. The summed E-state index contributed by atoms with van der Waals surface area (Å²) >= 11 is 5.97. The number of nitrogens with one attached hydrogen (secondary N) is 1. The molecule has 0 saturated heterocycles. The highest BCUT2D eigenvalue weighted by Gasteiger charge is 2.38. The number of rotatable bonds is 4. The Bertz CT molecular complexity index is 1090. The number of allylic oxidation sites excluding steroid dienone is 2. The summed E-state index contributed by atoms with van der Waals surface area (Å²) in [7, 11) is 1.66. The third-order valence-corrected chi connectivity index (χ3v) is 4.79. The van der Waals surface area contributed by atoms with Gasteiger partial charge in [0.05, 0.1) is 22.5 Å². The normalized spacial score (nSPS) is 16.3. The zero-order valence-corrected chi connectivity index (χ0v) is 15.7. The third-order valence-electron chi connectivity index (χ3n) is 4.53. The molecular weight excluding hydrogens is 390 g/mol. The van der Waals surface area contributed by atoms with E-state index >= 15 is 0 Å². The highest BCUT2D eigenvalue weighted by atomic mass is 35.5. The van der Waals surface area contributed by atoms with Crippen molar-refractivity contribution in [1.82, 2.24) is 24.5 Å². The average molecular weight is 405 g/mol. The van der Waals surface area contributed by atoms with E-state index in [0.717, 1.165) is 0 Å². The molecule has 3 heterocycles. The number of ketones is 1. The van der Waals surface area contributed by atoms with Crippen LogP contribution >= 0.6 is 11.6 Å². The molecule has 0 spiro atoms. The molecule has 0 amide bonds. The summed E-state index contributed by atoms with van der Waals surface area (Å²) in [5.41, 5.74) is 0.689. The van der Waals surface area contributed by atoms with Crippen LogP contribution in [-0.4, -0.2) is 36.8 Å². The lowest BCUT2D eigenvalue weighted by atomic mass is 9.89. The Hall–Kier alpha value is -3.07. The van der Waals surface area contributed by atoms with Crippen LogP contribution in [0.2, 0.25) is 5.02 Å². The van der Waals surface area contributed by atoms with Crippen molar-refractivity contribution in [2.24, 2.45) is 7.05 Å². The maximum absolute atomic E-state index is 13.9. The SMILES string of the molecule is Cc1nn(C)cc1C(=O)C1=C(C(F)F)Nc2ncnn2[C@@H]1c1ccc(Cl)cc1. The van der Waals surface area contributed by atoms with Gasteiger partial charge in [-0.25, -0.2) is 13.5 Å². The number of hydrogen-bond donors (Lipinski definition) is 1. The van der Waals surface area contributed by atoms with Crippen LogP contribution in [0.5, 0.6) is 0 Å². The monoisotopic (exact) mass is 404 g/mol. The Morgan fingerprint density at radius 2 is 2.00 bits per heavy atom.